The molecule has 2 aromatic heterocycles. The van der Waals surface area contributed by atoms with Crippen molar-refractivity contribution in [2.24, 2.45) is 0 Å². The molecule has 0 spiro atoms. The van der Waals surface area contributed by atoms with Crippen LogP contribution in [0.1, 0.15) is 29.6 Å². The minimum atomic E-state index is 0.0833. The molecule has 0 aromatic carbocycles. The zero-order chi connectivity index (χ0) is 12.5. The number of thiazole rings is 1. The van der Waals surface area contributed by atoms with Crippen LogP contribution in [-0.2, 0) is 0 Å². The lowest BCUT2D eigenvalue weighted by molar-refractivity contribution is 0.583. The van der Waals surface area contributed by atoms with E-state index in [0.29, 0.717) is 6.04 Å². The summed E-state index contributed by atoms with van der Waals surface area (Å²) in [7, 11) is 0. The van der Waals surface area contributed by atoms with Crippen molar-refractivity contribution in [1.82, 2.24) is 15.3 Å². The standard InChI is InChI=1S/C12H11Br2N3S/c13-7-5-9(14)10(16-6-7)11(17-8-1-2-8)12-15-3-4-18-12/h3-6,8,11,17H,1-2H2. The van der Waals surface area contributed by atoms with Crippen LogP contribution in [0, 0.1) is 0 Å². The molecule has 2 heterocycles. The van der Waals surface area contributed by atoms with Crippen LogP contribution in [0.4, 0.5) is 0 Å². The summed E-state index contributed by atoms with van der Waals surface area (Å²) in [6, 6.07) is 2.72. The number of hydrogen-bond donors (Lipinski definition) is 1. The summed E-state index contributed by atoms with van der Waals surface area (Å²) >= 11 is 8.68. The first-order chi connectivity index (χ1) is 8.74. The van der Waals surface area contributed by atoms with Gasteiger partial charge in [0.25, 0.3) is 0 Å². The van der Waals surface area contributed by atoms with Crippen LogP contribution >= 0.6 is 43.2 Å². The van der Waals surface area contributed by atoms with Gasteiger partial charge in [-0.05, 0) is 50.8 Å². The van der Waals surface area contributed by atoms with E-state index in [1.54, 1.807) is 11.3 Å². The zero-order valence-electron chi connectivity index (χ0n) is 9.44. The lowest BCUT2D eigenvalue weighted by Gasteiger charge is -2.17. The molecular formula is C12H11Br2N3S. The van der Waals surface area contributed by atoms with Gasteiger partial charge in [-0.1, -0.05) is 0 Å². The first-order valence-electron chi connectivity index (χ1n) is 5.70. The molecule has 1 atom stereocenters. The van der Waals surface area contributed by atoms with Crippen molar-refractivity contribution in [3.63, 3.8) is 0 Å². The molecular weight excluding hydrogens is 378 g/mol. The van der Waals surface area contributed by atoms with Crippen molar-refractivity contribution in [3.05, 3.63) is 43.5 Å². The maximum atomic E-state index is 4.53. The fourth-order valence-corrected chi connectivity index (χ4v) is 3.68. The van der Waals surface area contributed by atoms with Gasteiger partial charge in [-0.2, -0.15) is 0 Å². The van der Waals surface area contributed by atoms with Gasteiger partial charge in [-0.15, -0.1) is 11.3 Å². The lowest BCUT2D eigenvalue weighted by Crippen LogP contribution is -2.25. The molecule has 1 saturated carbocycles. The second kappa shape index (κ2) is 5.36. The summed E-state index contributed by atoms with van der Waals surface area (Å²) in [5, 5.41) is 6.68. The lowest BCUT2D eigenvalue weighted by atomic mass is 10.2. The largest absolute Gasteiger partial charge is 0.300 e. The van der Waals surface area contributed by atoms with Crippen LogP contribution in [0.15, 0.2) is 32.8 Å². The third kappa shape index (κ3) is 2.82. The van der Waals surface area contributed by atoms with Crippen LogP contribution < -0.4 is 5.32 Å². The normalized spacial score (nSPS) is 16.8. The molecule has 18 heavy (non-hydrogen) atoms. The third-order valence-electron chi connectivity index (χ3n) is 2.79. The van der Waals surface area contributed by atoms with Crippen molar-refractivity contribution in [2.75, 3.05) is 0 Å². The number of rotatable bonds is 4. The third-order valence-corrected chi connectivity index (χ3v) is 4.70. The summed E-state index contributed by atoms with van der Waals surface area (Å²) in [6.07, 6.45) is 6.16. The average Bonchev–Trinajstić information content (AvgIpc) is 3.00. The highest BCUT2D eigenvalue weighted by atomic mass is 79.9. The van der Waals surface area contributed by atoms with E-state index in [1.165, 1.54) is 12.8 Å². The zero-order valence-corrected chi connectivity index (χ0v) is 13.4. The van der Waals surface area contributed by atoms with Crippen LogP contribution in [0.2, 0.25) is 0 Å². The minimum Gasteiger partial charge on any atom is -0.300 e. The Kier molecular flexibility index (Phi) is 3.79. The summed E-state index contributed by atoms with van der Waals surface area (Å²) in [6.45, 7) is 0. The van der Waals surface area contributed by atoms with Crippen molar-refractivity contribution in [2.45, 2.75) is 24.9 Å². The van der Waals surface area contributed by atoms with E-state index in [9.17, 15) is 0 Å². The average molecular weight is 389 g/mol. The topological polar surface area (TPSA) is 37.8 Å². The van der Waals surface area contributed by atoms with Crippen LogP contribution in [-0.4, -0.2) is 16.0 Å². The molecule has 1 aliphatic rings. The predicted molar refractivity (Wildman–Crippen MR) is 79.8 cm³/mol. The van der Waals surface area contributed by atoms with E-state index >= 15 is 0 Å². The fourth-order valence-electron chi connectivity index (χ4n) is 1.77. The summed E-state index contributed by atoms with van der Waals surface area (Å²) in [4.78, 5) is 8.95. The minimum absolute atomic E-state index is 0.0833. The second-order valence-corrected chi connectivity index (χ2v) is 6.96. The fraction of sp³-hybridized carbons (Fsp3) is 0.333. The van der Waals surface area contributed by atoms with Crippen molar-refractivity contribution < 1.29 is 0 Å². The van der Waals surface area contributed by atoms with Gasteiger partial charge in [0.1, 0.15) is 11.0 Å². The summed E-state index contributed by atoms with van der Waals surface area (Å²) < 4.78 is 1.98. The van der Waals surface area contributed by atoms with E-state index < -0.39 is 0 Å². The molecule has 0 saturated heterocycles. The Bertz CT molecular complexity index is 540. The van der Waals surface area contributed by atoms with Crippen molar-refractivity contribution in [3.8, 4) is 0 Å². The molecule has 0 aliphatic heterocycles. The Labute approximate surface area is 126 Å². The number of nitrogens with one attached hydrogen (secondary N) is 1. The number of nitrogens with zero attached hydrogens (tertiary/aromatic N) is 2. The Morgan fingerprint density at radius 1 is 1.33 bits per heavy atom. The Balaban J connectivity index is 1.96. The smallest absolute Gasteiger partial charge is 0.116 e. The van der Waals surface area contributed by atoms with E-state index in [1.807, 2.05) is 23.8 Å². The molecule has 0 amide bonds. The van der Waals surface area contributed by atoms with Crippen molar-refractivity contribution >= 4 is 43.2 Å². The predicted octanol–water partition coefficient (Wildman–Crippen LogP) is 3.90. The maximum absolute atomic E-state index is 4.53. The Morgan fingerprint density at radius 2 is 2.17 bits per heavy atom. The van der Waals surface area contributed by atoms with Gasteiger partial charge in [0, 0.05) is 32.8 Å². The van der Waals surface area contributed by atoms with Gasteiger partial charge in [0.15, 0.2) is 0 Å². The number of halogens is 2. The van der Waals surface area contributed by atoms with E-state index in [0.717, 1.165) is 19.6 Å². The monoisotopic (exact) mass is 387 g/mol. The molecule has 3 rings (SSSR count). The maximum Gasteiger partial charge on any atom is 0.116 e. The number of pyridine rings is 1. The highest BCUT2D eigenvalue weighted by Crippen LogP contribution is 2.33. The number of aromatic nitrogens is 2. The highest BCUT2D eigenvalue weighted by Gasteiger charge is 2.29. The first kappa shape index (κ1) is 12.7. The quantitative estimate of drug-likeness (QED) is 0.862. The first-order valence-corrected chi connectivity index (χ1v) is 8.17. The SMILES string of the molecule is Brc1cnc(C(NC2CC2)c2nccs2)c(Br)c1. The van der Waals surface area contributed by atoms with E-state index in [-0.39, 0.29) is 6.04 Å². The summed E-state index contributed by atoms with van der Waals surface area (Å²) in [5.74, 6) is 0. The van der Waals surface area contributed by atoms with Crippen LogP contribution in [0.25, 0.3) is 0 Å². The van der Waals surface area contributed by atoms with Gasteiger partial charge in [-0.3, -0.25) is 4.98 Å². The second-order valence-electron chi connectivity index (χ2n) is 4.26. The van der Waals surface area contributed by atoms with Gasteiger partial charge in [0.05, 0.1) is 5.69 Å². The van der Waals surface area contributed by atoms with Crippen molar-refractivity contribution in [1.29, 1.82) is 0 Å². The molecule has 2 aromatic rings. The molecule has 6 heteroatoms. The van der Waals surface area contributed by atoms with Gasteiger partial charge >= 0.3 is 0 Å². The molecule has 3 nitrogen and oxygen atoms in total. The van der Waals surface area contributed by atoms with E-state index in [4.69, 9.17) is 0 Å². The van der Waals surface area contributed by atoms with Crippen LogP contribution in [0.5, 0.6) is 0 Å². The van der Waals surface area contributed by atoms with Gasteiger partial charge in [0.2, 0.25) is 0 Å². The molecule has 94 valence electrons. The van der Waals surface area contributed by atoms with Crippen LogP contribution in [0.3, 0.4) is 0 Å². The highest BCUT2D eigenvalue weighted by molar-refractivity contribution is 9.11. The van der Waals surface area contributed by atoms with E-state index in [2.05, 4.69) is 47.1 Å². The Hall–Kier alpha value is -0.300. The Morgan fingerprint density at radius 3 is 2.78 bits per heavy atom. The molecule has 0 bridgehead atoms. The molecule has 1 N–H and O–H groups in total. The molecule has 0 radical (unpaired) electrons. The van der Waals surface area contributed by atoms with Gasteiger partial charge < -0.3 is 5.32 Å². The molecule has 1 fully saturated rings. The molecule has 1 aliphatic carbocycles. The molecule has 1 unspecified atom stereocenters. The van der Waals surface area contributed by atoms with Gasteiger partial charge in [-0.25, -0.2) is 4.98 Å². The number of hydrogen-bond acceptors (Lipinski definition) is 4. The summed E-state index contributed by atoms with van der Waals surface area (Å²) in [5.41, 5.74) is 1.00.